The SMILES string of the molecule is CCCCOc1cc(C(=O)OCCN(C)C)ccc1N. The summed E-state index contributed by atoms with van der Waals surface area (Å²) in [6.07, 6.45) is 2.00. The van der Waals surface area contributed by atoms with Crippen LogP contribution >= 0.6 is 0 Å². The lowest BCUT2D eigenvalue weighted by molar-refractivity contribution is 0.0481. The molecule has 0 bridgehead atoms. The van der Waals surface area contributed by atoms with Gasteiger partial charge in [-0.3, -0.25) is 0 Å². The van der Waals surface area contributed by atoms with E-state index in [0.29, 0.717) is 36.8 Å². The van der Waals surface area contributed by atoms with Crippen LogP contribution in [-0.4, -0.2) is 44.7 Å². The summed E-state index contributed by atoms with van der Waals surface area (Å²) >= 11 is 0. The number of nitrogen functional groups attached to an aromatic ring is 1. The molecule has 0 heterocycles. The van der Waals surface area contributed by atoms with Crippen LogP contribution in [0, 0.1) is 0 Å². The van der Waals surface area contributed by atoms with Crippen LogP contribution in [0.1, 0.15) is 30.1 Å². The molecular formula is C15H24N2O3. The quantitative estimate of drug-likeness (QED) is 0.449. The lowest BCUT2D eigenvalue weighted by atomic mass is 10.2. The van der Waals surface area contributed by atoms with Crippen molar-refractivity contribution in [2.24, 2.45) is 0 Å². The van der Waals surface area contributed by atoms with Gasteiger partial charge in [0.1, 0.15) is 12.4 Å². The number of hydrogen-bond donors (Lipinski definition) is 1. The largest absolute Gasteiger partial charge is 0.491 e. The number of likely N-dealkylation sites (N-methyl/N-ethyl adjacent to an activating group) is 1. The van der Waals surface area contributed by atoms with Gasteiger partial charge in [-0.25, -0.2) is 4.79 Å². The highest BCUT2D eigenvalue weighted by atomic mass is 16.5. The zero-order chi connectivity index (χ0) is 15.0. The van der Waals surface area contributed by atoms with Crippen LogP contribution in [-0.2, 0) is 4.74 Å². The third kappa shape index (κ3) is 5.48. The number of nitrogens with two attached hydrogens (primary N) is 1. The van der Waals surface area contributed by atoms with Gasteiger partial charge in [-0.2, -0.15) is 0 Å². The Bertz CT molecular complexity index is 433. The Morgan fingerprint density at radius 1 is 1.30 bits per heavy atom. The molecular weight excluding hydrogens is 256 g/mol. The van der Waals surface area contributed by atoms with Crippen molar-refractivity contribution in [1.82, 2.24) is 4.90 Å². The van der Waals surface area contributed by atoms with Crippen molar-refractivity contribution in [2.45, 2.75) is 19.8 Å². The van der Waals surface area contributed by atoms with Crippen molar-refractivity contribution >= 4 is 11.7 Å². The molecule has 0 aliphatic heterocycles. The number of carbonyl (C=O) groups excluding carboxylic acids is 1. The van der Waals surface area contributed by atoms with E-state index >= 15 is 0 Å². The van der Waals surface area contributed by atoms with Gasteiger partial charge < -0.3 is 20.1 Å². The van der Waals surface area contributed by atoms with Crippen molar-refractivity contribution in [2.75, 3.05) is 39.6 Å². The smallest absolute Gasteiger partial charge is 0.338 e. The predicted molar refractivity (Wildman–Crippen MR) is 80.1 cm³/mol. The Hall–Kier alpha value is -1.75. The van der Waals surface area contributed by atoms with E-state index in [4.69, 9.17) is 15.2 Å². The number of hydrogen-bond acceptors (Lipinski definition) is 5. The van der Waals surface area contributed by atoms with Crippen LogP contribution in [0.25, 0.3) is 0 Å². The molecule has 0 aliphatic rings. The van der Waals surface area contributed by atoms with E-state index in [1.54, 1.807) is 18.2 Å². The summed E-state index contributed by atoms with van der Waals surface area (Å²) in [5, 5.41) is 0. The van der Waals surface area contributed by atoms with E-state index in [-0.39, 0.29) is 5.97 Å². The van der Waals surface area contributed by atoms with E-state index < -0.39 is 0 Å². The molecule has 5 nitrogen and oxygen atoms in total. The number of esters is 1. The second-order valence-corrected chi connectivity index (χ2v) is 4.89. The van der Waals surface area contributed by atoms with Crippen LogP contribution in [0.15, 0.2) is 18.2 Å². The van der Waals surface area contributed by atoms with Gasteiger partial charge in [-0.1, -0.05) is 13.3 Å². The van der Waals surface area contributed by atoms with Crippen LogP contribution in [0.3, 0.4) is 0 Å². The average molecular weight is 280 g/mol. The molecule has 0 saturated carbocycles. The highest BCUT2D eigenvalue weighted by molar-refractivity contribution is 5.90. The molecule has 112 valence electrons. The molecule has 5 heteroatoms. The first-order chi connectivity index (χ1) is 9.54. The first-order valence-corrected chi connectivity index (χ1v) is 6.88. The molecule has 0 fully saturated rings. The number of carbonyl (C=O) groups is 1. The second-order valence-electron chi connectivity index (χ2n) is 4.89. The topological polar surface area (TPSA) is 64.8 Å². The lowest BCUT2D eigenvalue weighted by Crippen LogP contribution is -2.20. The number of anilines is 1. The summed E-state index contributed by atoms with van der Waals surface area (Å²) in [7, 11) is 3.85. The first-order valence-electron chi connectivity index (χ1n) is 6.88. The molecule has 0 unspecified atom stereocenters. The fraction of sp³-hybridized carbons (Fsp3) is 0.533. The van der Waals surface area contributed by atoms with Crippen molar-refractivity contribution in [1.29, 1.82) is 0 Å². The molecule has 0 spiro atoms. The predicted octanol–water partition coefficient (Wildman–Crippen LogP) is 2.17. The van der Waals surface area contributed by atoms with Gasteiger partial charge in [-0.15, -0.1) is 0 Å². The van der Waals surface area contributed by atoms with Crippen LogP contribution < -0.4 is 10.5 Å². The summed E-state index contributed by atoms with van der Waals surface area (Å²) in [4.78, 5) is 13.8. The normalized spacial score (nSPS) is 10.6. The summed E-state index contributed by atoms with van der Waals surface area (Å²) in [5.74, 6) is 0.188. The highest BCUT2D eigenvalue weighted by Gasteiger charge is 2.10. The Labute approximate surface area is 120 Å². The minimum absolute atomic E-state index is 0.354. The number of nitrogens with zero attached hydrogens (tertiary/aromatic N) is 1. The molecule has 0 radical (unpaired) electrons. The summed E-state index contributed by atoms with van der Waals surface area (Å²) in [5.41, 5.74) is 6.82. The molecule has 0 aromatic heterocycles. The molecule has 0 aliphatic carbocycles. The van der Waals surface area contributed by atoms with Crippen LogP contribution in [0.5, 0.6) is 5.75 Å². The standard InChI is InChI=1S/C15H24N2O3/c1-4-5-9-19-14-11-12(6-7-13(14)16)15(18)20-10-8-17(2)3/h6-7,11H,4-5,8-10,16H2,1-3H3. The molecule has 1 rings (SSSR count). The Morgan fingerprint density at radius 2 is 2.05 bits per heavy atom. The van der Waals surface area contributed by atoms with Gasteiger partial charge in [-0.05, 0) is 38.7 Å². The van der Waals surface area contributed by atoms with Crippen molar-refractivity contribution in [3.63, 3.8) is 0 Å². The second kappa shape index (κ2) is 8.43. The van der Waals surface area contributed by atoms with E-state index in [9.17, 15) is 4.79 Å². The molecule has 0 saturated heterocycles. The zero-order valence-electron chi connectivity index (χ0n) is 12.5. The van der Waals surface area contributed by atoms with Gasteiger partial charge in [0.05, 0.1) is 17.9 Å². The molecule has 2 N–H and O–H groups in total. The number of benzene rings is 1. The van der Waals surface area contributed by atoms with Gasteiger partial charge in [0.2, 0.25) is 0 Å². The third-order valence-corrected chi connectivity index (χ3v) is 2.78. The van der Waals surface area contributed by atoms with Gasteiger partial charge in [0, 0.05) is 6.54 Å². The van der Waals surface area contributed by atoms with E-state index in [0.717, 1.165) is 12.8 Å². The number of rotatable bonds is 8. The Balaban J connectivity index is 2.61. The highest BCUT2D eigenvalue weighted by Crippen LogP contribution is 2.23. The van der Waals surface area contributed by atoms with E-state index in [1.165, 1.54) is 0 Å². The van der Waals surface area contributed by atoms with E-state index in [2.05, 4.69) is 6.92 Å². The fourth-order valence-electron chi connectivity index (χ4n) is 1.52. The molecule has 1 aromatic carbocycles. The monoisotopic (exact) mass is 280 g/mol. The molecule has 0 amide bonds. The van der Waals surface area contributed by atoms with Gasteiger partial charge in [0.15, 0.2) is 0 Å². The minimum Gasteiger partial charge on any atom is -0.491 e. The zero-order valence-corrected chi connectivity index (χ0v) is 12.5. The van der Waals surface area contributed by atoms with Crippen LogP contribution in [0.4, 0.5) is 5.69 Å². The summed E-state index contributed by atoms with van der Waals surface area (Å²) in [6, 6.07) is 4.97. The average Bonchev–Trinajstić information content (AvgIpc) is 2.40. The summed E-state index contributed by atoms with van der Waals surface area (Å²) < 4.78 is 10.8. The molecule has 1 aromatic rings. The maximum Gasteiger partial charge on any atom is 0.338 e. The maximum absolute atomic E-state index is 11.9. The van der Waals surface area contributed by atoms with Gasteiger partial charge >= 0.3 is 5.97 Å². The van der Waals surface area contributed by atoms with Crippen molar-refractivity contribution in [3.05, 3.63) is 23.8 Å². The Kier molecular flexibility index (Phi) is 6.87. The van der Waals surface area contributed by atoms with Crippen molar-refractivity contribution in [3.8, 4) is 5.75 Å². The minimum atomic E-state index is -0.354. The molecule has 20 heavy (non-hydrogen) atoms. The first kappa shape index (κ1) is 16.3. The van der Waals surface area contributed by atoms with Crippen molar-refractivity contribution < 1.29 is 14.3 Å². The summed E-state index contributed by atoms with van der Waals surface area (Å²) in [6.45, 7) is 3.74. The third-order valence-electron chi connectivity index (χ3n) is 2.78. The number of unbranched alkanes of at least 4 members (excludes halogenated alkanes) is 1. The van der Waals surface area contributed by atoms with Gasteiger partial charge in [0.25, 0.3) is 0 Å². The van der Waals surface area contributed by atoms with Crippen LogP contribution in [0.2, 0.25) is 0 Å². The lowest BCUT2D eigenvalue weighted by Gasteiger charge is -2.12. The Morgan fingerprint density at radius 3 is 2.70 bits per heavy atom. The maximum atomic E-state index is 11.9. The van der Waals surface area contributed by atoms with E-state index in [1.807, 2.05) is 19.0 Å². The number of ether oxygens (including phenoxy) is 2. The fourth-order valence-corrected chi connectivity index (χ4v) is 1.52. The molecule has 0 atom stereocenters.